The van der Waals surface area contributed by atoms with E-state index in [0.29, 0.717) is 5.02 Å². The fourth-order valence-corrected chi connectivity index (χ4v) is 2.35. The number of carbonyl (C=O) groups is 1. The Labute approximate surface area is 118 Å². The molecule has 5 heteroatoms. The molecule has 2 rings (SSSR count). The second-order valence-corrected chi connectivity index (χ2v) is 5.28. The summed E-state index contributed by atoms with van der Waals surface area (Å²) >= 11 is 7.07. The van der Waals surface area contributed by atoms with E-state index in [9.17, 15) is 13.6 Å². The smallest absolute Gasteiger partial charge is 0.173 e. The zero-order valence-corrected chi connectivity index (χ0v) is 11.3. The highest BCUT2D eigenvalue weighted by Crippen LogP contribution is 2.21. The van der Waals surface area contributed by atoms with Crippen LogP contribution in [0, 0.1) is 11.6 Å². The second-order valence-electron chi connectivity index (χ2n) is 3.79. The molecule has 0 atom stereocenters. The average molecular weight is 299 g/mol. The van der Waals surface area contributed by atoms with Gasteiger partial charge in [-0.25, -0.2) is 8.78 Å². The van der Waals surface area contributed by atoms with Crippen LogP contribution in [0.3, 0.4) is 0 Å². The summed E-state index contributed by atoms with van der Waals surface area (Å²) in [6.07, 6.45) is 0. The van der Waals surface area contributed by atoms with E-state index in [1.807, 2.05) is 0 Å². The van der Waals surface area contributed by atoms with E-state index in [2.05, 4.69) is 0 Å². The molecule has 0 saturated carbocycles. The molecule has 0 fully saturated rings. The summed E-state index contributed by atoms with van der Waals surface area (Å²) in [6, 6.07) is 10.2. The van der Waals surface area contributed by atoms with Gasteiger partial charge in [0.2, 0.25) is 0 Å². The Morgan fingerprint density at radius 2 is 1.74 bits per heavy atom. The van der Waals surface area contributed by atoms with E-state index in [4.69, 9.17) is 11.6 Å². The molecule has 0 heterocycles. The number of halogens is 3. The maximum absolute atomic E-state index is 13.0. The van der Waals surface area contributed by atoms with Crippen molar-refractivity contribution in [1.29, 1.82) is 0 Å². The van der Waals surface area contributed by atoms with Gasteiger partial charge in [0.1, 0.15) is 0 Å². The minimum atomic E-state index is -1.01. The summed E-state index contributed by atoms with van der Waals surface area (Å²) in [4.78, 5) is 12.7. The Morgan fingerprint density at radius 1 is 1.05 bits per heavy atom. The van der Waals surface area contributed by atoms with E-state index in [-0.39, 0.29) is 17.1 Å². The standard InChI is InChI=1S/C14H9ClF2OS/c15-10-2-4-11(5-3-10)19-8-14(18)9-1-6-12(16)13(17)7-9/h1-7H,8H2. The van der Waals surface area contributed by atoms with Crippen LogP contribution in [0.15, 0.2) is 47.4 Å². The van der Waals surface area contributed by atoms with Crippen molar-refractivity contribution in [2.24, 2.45) is 0 Å². The number of benzene rings is 2. The summed E-state index contributed by atoms with van der Waals surface area (Å²) in [7, 11) is 0. The molecule has 0 spiro atoms. The first-order chi connectivity index (χ1) is 9.06. The van der Waals surface area contributed by atoms with Crippen LogP contribution in [-0.2, 0) is 0 Å². The lowest BCUT2D eigenvalue weighted by Crippen LogP contribution is -2.03. The lowest BCUT2D eigenvalue weighted by atomic mass is 10.1. The van der Waals surface area contributed by atoms with Gasteiger partial charge in [0.15, 0.2) is 17.4 Å². The Morgan fingerprint density at radius 3 is 2.37 bits per heavy atom. The third-order valence-corrected chi connectivity index (χ3v) is 3.69. The summed E-state index contributed by atoms with van der Waals surface area (Å²) in [5, 5.41) is 0.622. The van der Waals surface area contributed by atoms with Crippen molar-refractivity contribution in [2.45, 2.75) is 4.90 Å². The van der Waals surface area contributed by atoms with Crippen LogP contribution in [0.1, 0.15) is 10.4 Å². The monoisotopic (exact) mass is 298 g/mol. The lowest BCUT2D eigenvalue weighted by molar-refractivity contribution is 0.102. The van der Waals surface area contributed by atoms with Crippen molar-refractivity contribution in [3.05, 3.63) is 64.7 Å². The third-order valence-electron chi connectivity index (χ3n) is 2.43. The number of hydrogen-bond acceptors (Lipinski definition) is 2. The van der Waals surface area contributed by atoms with Gasteiger partial charge >= 0.3 is 0 Å². The van der Waals surface area contributed by atoms with Crippen molar-refractivity contribution in [3.63, 3.8) is 0 Å². The molecule has 19 heavy (non-hydrogen) atoms. The summed E-state index contributed by atoms with van der Waals surface area (Å²) < 4.78 is 25.7. The fourth-order valence-electron chi connectivity index (χ4n) is 1.43. The molecular weight excluding hydrogens is 290 g/mol. The van der Waals surface area contributed by atoms with Gasteiger partial charge in [-0.3, -0.25) is 4.79 Å². The van der Waals surface area contributed by atoms with Crippen LogP contribution >= 0.6 is 23.4 Å². The zero-order valence-electron chi connectivity index (χ0n) is 9.70. The van der Waals surface area contributed by atoms with E-state index < -0.39 is 11.6 Å². The number of hydrogen-bond donors (Lipinski definition) is 0. The Bertz CT molecular complexity index is 599. The molecule has 0 saturated heterocycles. The highest BCUT2D eigenvalue weighted by molar-refractivity contribution is 8.00. The summed E-state index contributed by atoms with van der Waals surface area (Å²) in [5.41, 5.74) is 0.167. The number of thioether (sulfide) groups is 1. The SMILES string of the molecule is O=C(CSc1ccc(Cl)cc1)c1ccc(F)c(F)c1. The second kappa shape index (κ2) is 6.17. The Balaban J connectivity index is 2.01. The van der Waals surface area contributed by atoms with Crippen molar-refractivity contribution in [3.8, 4) is 0 Å². The molecule has 0 aliphatic heterocycles. The molecule has 0 unspecified atom stereocenters. The predicted octanol–water partition coefficient (Wildman–Crippen LogP) is 4.59. The van der Waals surface area contributed by atoms with Crippen molar-refractivity contribution >= 4 is 29.1 Å². The van der Waals surface area contributed by atoms with Crippen molar-refractivity contribution < 1.29 is 13.6 Å². The molecule has 0 N–H and O–H groups in total. The van der Waals surface area contributed by atoms with E-state index in [0.717, 1.165) is 17.0 Å². The molecule has 0 amide bonds. The first kappa shape index (κ1) is 14.0. The van der Waals surface area contributed by atoms with Crippen LogP contribution in [-0.4, -0.2) is 11.5 Å². The normalized spacial score (nSPS) is 10.5. The Kier molecular flexibility index (Phi) is 4.56. The first-order valence-electron chi connectivity index (χ1n) is 5.43. The first-order valence-corrected chi connectivity index (χ1v) is 6.79. The highest BCUT2D eigenvalue weighted by atomic mass is 35.5. The van der Waals surface area contributed by atoms with Gasteiger partial charge in [-0.1, -0.05) is 11.6 Å². The molecule has 0 bridgehead atoms. The molecule has 0 radical (unpaired) electrons. The fraction of sp³-hybridized carbons (Fsp3) is 0.0714. The van der Waals surface area contributed by atoms with Crippen LogP contribution in [0.2, 0.25) is 5.02 Å². The molecule has 2 aromatic rings. The van der Waals surface area contributed by atoms with E-state index >= 15 is 0 Å². The van der Waals surface area contributed by atoms with Gasteiger partial charge in [-0.2, -0.15) is 0 Å². The van der Waals surface area contributed by atoms with Gasteiger partial charge in [0, 0.05) is 15.5 Å². The predicted molar refractivity (Wildman–Crippen MR) is 72.9 cm³/mol. The number of ketones is 1. The van der Waals surface area contributed by atoms with Crippen LogP contribution in [0.5, 0.6) is 0 Å². The van der Waals surface area contributed by atoms with Gasteiger partial charge in [0.25, 0.3) is 0 Å². The average Bonchev–Trinajstić information content (AvgIpc) is 2.41. The quantitative estimate of drug-likeness (QED) is 0.606. The van der Waals surface area contributed by atoms with Crippen LogP contribution in [0.25, 0.3) is 0 Å². The minimum Gasteiger partial charge on any atom is -0.293 e. The molecule has 98 valence electrons. The number of Topliss-reactive ketones (excluding diaryl/α,β-unsaturated/α-hetero) is 1. The topological polar surface area (TPSA) is 17.1 Å². The van der Waals surface area contributed by atoms with Gasteiger partial charge in [-0.05, 0) is 42.5 Å². The third kappa shape index (κ3) is 3.78. The maximum atomic E-state index is 13.0. The largest absolute Gasteiger partial charge is 0.293 e. The number of rotatable bonds is 4. The Hall–Kier alpha value is -1.39. The lowest BCUT2D eigenvalue weighted by Gasteiger charge is -2.02. The van der Waals surface area contributed by atoms with Gasteiger partial charge in [-0.15, -0.1) is 11.8 Å². The van der Waals surface area contributed by atoms with Crippen LogP contribution < -0.4 is 0 Å². The molecule has 0 aliphatic rings. The summed E-state index contributed by atoms with van der Waals surface area (Å²) in [5.74, 6) is -2.06. The van der Waals surface area contributed by atoms with E-state index in [1.54, 1.807) is 24.3 Å². The maximum Gasteiger partial charge on any atom is 0.173 e. The van der Waals surface area contributed by atoms with E-state index in [1.165, 1.54) is 17.8 Å². The molecule has 1 nitrogen and oxygen atoms in total. The zero-order chi connectivity index (χ0) is 13.8. The minimum absolute atomic E-state index is 0.159. The summed E-state index contributed by atoms with van der Waals surface area (Å²) in [6.45, 7) is 0. The van der Waals surface area contributed by atoms with Gasteiger partial charge in [0.05, 0.1) is 5.75 Å². The van der Waals surface area contributed by atoms with Crippen molar-refractivity contribution in [2.75, 3.05) is 5.75 Å². The number of carbonyl (C=O) groups excluding carboxylic acids is 1. The van der Waals surface area contributed by atoms with Gasteiger partial charge < -0.3 is 0 Å². The van der Waals surface area contributed by atoms with Crippen molar-refractivity contribution in [1.82, 2.24) is 0 Å². The molecule has 0 aromatic heterocycles. The van der Waals surface area contributed by atoms with Crippen LogP contribution in [0.4, 0.5) is 8.78 Å². The molecule has 0 aliphatic carbocycles. The highest BCUT2D eigenvalue weighted by Gasteiger charge is 2.10. The molecule has 2 aromatic carbocycles. The molecular formula is C14H9ClF2OS.